The lowest BCUT2D eigenvalue weighted by Gasteiger charge is -2.09. The predicted octanol–water partition coefficient (Wildman–Crippen LogP) is 6.96. The molecule has 4 nitrogen and oxygen atoms in total. The van der Waals surface area contributed by atoms with Gasteiger partial charge < -0.3 is 0 Å². The van der Waals surface area contributed by atoms with Crippen LogP contribution in [0.15, 0.2) is 103 Å². The molecule has 6 rings (SSSR count). The molecule has 5 heteroatoms. The Morgan fingerprint density at radius 3 is 1.75 bits per heavy atom. The van der Waals surface area contributed by atoms with E-state index in [-0.39, 0.29) is 21.8 Å². The minimum absolute atomic E-state index is 0.279. The largest absolute Gasteiger partial charge is 0.278 e. The number of hydrogen-bond acceptors (Lipinski definition) is 3. The molecule has 6 aromatic rings. The van der Waals surface area contributed by atoms with E-state index < -0.39 is 136 Å². The summed E-state index contributed by atoms with van der Waals surface area (Å²) in [4.78, 5) is 12.3. The van der Waals surface area contributed by atoms with E-state index in [1.807, 2.05) is 0 Å². The third kappa shape index (κ3) is 3.13. The summed E-state index contributed by atoms with van der Waals surface area (Å²) in [7, 11) is 0. The number of fused-ring (bicyclic) bond motifs is 3. The summed E-state index contributed by atoms with van der Waals surface area (Å²) in [5.74, 6) is -1.15. The summed E-state index contributed by atoms with van der Waals surface area (Å²) >= 11 is 6.27. The Balaban J connectivity index is 1.73. The van der Waals surface area contributed by atoms with Gasteiger partial charge >= 0.3 is 0 Å². The van der Waals surface area contributed by atoms with Gasteiger partial charge in [-0.1, -0.05) is 90.6 Å². The van der Waals surface area contributed by atoms with Crippen molar-refractivity contribution < 1.29 is 23.3 Å². The topological polar surface area (TPSA) is 43.6 Å². The number of nitrogens with zero attached hydrogens (tertiary/aromatic N) is 4. The first-order valence-electron chi connectivity index (χ1n) is 17.5. The Bertz CT molecular complexity index is 2360. The van der Waals surface area contributed by atoms with E-state index >= 15 is 0 Å². The average molecular weight is 450 g/mol. The van der Waals surface area contributed by atoms with E-state index in [9.17, 15) is 0 Å². The molecule has 4 aromatic carbocycles. The first-order chi connectivity index (χ1) is 22.8. The van der Waals surface area contributed by atoms with Crippen molar-refractivity contribution in [2.45, 2.75) is 0 Å². The lowest BCUT2D eigenvalue weighted by atomic mass is 10.0. The van der Waals surface area contributed by atoms with Gasteiger partial charge in [0.25, 0.3) is 0 Å². The Labute approximate surface area is 213 Å². The number of rotatable bonds is 3. The fraction of sp³-hybridized carbons (Fsp3) is 0. The van der Waals surface area contributed by atoms with Crippen molar-refractivity contribution in [3.05, 3.63) is 108 Å². The van der Waals surface area contributed by atoms with Gasteiger partial charge in [0.2, 0.25) is 11.2 Å². The van der Waals surface area contributed by atoms with Gasteiger partial charge in [-0.2, -0.15) is 15.0 Å². The van der Waals surface area contributed by atoms with Crippen molar-refractivity contribution in [2.24, 2.45) is 0 Å². The van der Waals surface area contributed by atoms with Gasteiger partial charge in [-0.15, -0.1) is 0 Å². The van der Waals surface area contributed by atoms with Crippen LogP contribution < -0.4 is 0 Å². The van der Waals surface area contributed by atoms with Crippen molar-refractivity contribution in [3.8, 4) is 28.5 Å². The van der Waals surface area contributed by atoms with Crippen molar-refractivity contribution >= 4 is 33.4 Å². The fourth-order valence-corrected chi connectivity index (χ4v) is 3.25. The van der Waals surface area contributed by atoms with Gasteiger partial charge in [0.05, 0.1) is 34.3 Å². The number of halogens is 1. The third-order valence-electron chi connectivity index (χ3n) is 4.43. The lowest BCUT2D eigenvalue weighted by Crippen LogP contribution is -2.04. The van der Waals surface area contributed by atoms with Crippen molar-refractivity contribution in [1.82, 2.24) is 19.5 Å². The summed E-state index contributed by atoms with van der Waals surface area (Å²) in [6.07, 6.45) is 0. The van der Waals surface area contributed by atoms with Crippen LogP contribution in [0.25, 0.3) is 50.3 Å². The monoisotopic (exact) mass is 449 g/mol. The maximum atomic E-state index is 8.76. The molecule has 2 aromatic heterocycles. The highest BCUT2D eigenvalue weighted by molar-refractivity contribution is 6.28. The standard InChI is InChI=1S/C27H17ClN4/c28-26-29-25(20-16-14-19(15-17-20)18-8-2-1-3-9-18)30-27(31-26)32-23-12-6-4-10-21(23)22-11-5-7-13-24(22)32/h1-17H/i1D,2D,3D,4D,5D,6D,7D,8D,9D,10D,11D,12D,13D,14D,15D,16D,17D. The zero-order chi connectivity index (χ0) is 36.3. The molecule has 0 aliphatic heterocycles. The summed E-state index contributed by atoms with van der Waals surface area (Å²) in [6, 6.07) is -12.3. The van der Waals surface area contributed by atoms with E-state index in [1.165, 1.54) is 0 Å². The quantitative estimate of drug-likeness (QED) is 0.293. The minimum Gasteiger partial charge on any atom is -0.278 e. The van der Waals surface area contributed by atoms with E-state index in [0.29, 0.717) is 0 Å². The number of benzene rings is 4. The Morgan fingerprint density at radius 2 is 1.09 bits per heavy atom. The highest BCUT2D eigenvalue weighted by atomic mass is 35.5. The molecule has 0 saturated carbocycles. The molecule has 152 valence electrons. The van der Waals surface area contributed by atoms with Crippen LogP contribution in [0.4, 0.5) is 0 Å². The molecule has 0 saturated heterocycles. The van der Waals surface area contributed by atoms with E-state index in [2.05, 4.69) is 15.0 Å². The molecule has 0 spiro atoms. The van der Waals surface area contributed by atoms with Gasteiger partial charge in [0, 0.05) is 16.3 Å². The molecule has 0 unspecified atom stereocenters. The number of aromatic nitrogens is 4. The number of hydrogen-bond donors (Lipinski definition) is 0. The molecule has 0 amide bonds. The molecule has 0 aliphatic carbocycles. The molecule has 0 aliphatic rings. The molecule has 0 bridgehead atoms. The number of para-hydroxylation sites is 2. The smallest absolute Gasteiger partial charge is 0.239 e. The summed E-state index contributed by atoms with van der Waals surface area (Å²) in [5, 5.41) is -1.17. The summed E-state index contributed by atoms with van der Waals surface area (Å²) in [6.45, 7) is 0. The molecule has 2 heterocycles. The first kappa shape index (κ1) is 8.15. The van der Waals surface area contributed by atoms with Crippen LogP contribution in [0.1, 0.15) is 23.3 Å². The zero-order valence-electron chi connectivity index (χ0n) is 32.7. The van der Waals surface area contributed by atoms with Gasteiger partial charge in [0.15, 0.2) is 5.82 Å². The van der Waals surface area contributed by atoms with Crippen molar-refractivity contribution in [1.29, 1.82) is 0 Å². The molecular formula is C27H17ClN4. The Hall–Kier alpha value is -4.02. The SMILES string of the molecule is [2H]c1c([2H])c([2H])c(-c2c([2H])c([2H])c(-c3nc(Cl)nc(-n4c5c([2H])c([2H])c([2H])c([2H])c5c5c([2H])c([2H])c([2H])c([2H])c54)n3)c([2H])c2[2H])c([2H])c1[2H]. The Kier molecular flexibility index (Phi) is 1.93. The first-order valence-corrected chi connectivity index (χ1v) is 9.33. The van der Waals surface area contributed by atoms with Crippen LogP contribution >= 0.6 is 11.6 Å². The summed E-state index contributed by atoms with van der Waals surface area (Å²) < 4.78 is 144. The maximum Gasteiger partial charge on any atom is 0.239 e. The molecule has 0 N–H and O–H groups in total. The van der Waals surface area contributed by atoms with Crippen LogP contribution in [0.3, 0.4) is 0 Å². The zero-order valence-corrected chi connectivity index (χ0v) is 16.4. The van der Waals surface area contributed by atoms with Crippen molar-refractivity contribution in [2.75, 3.05) is 0 Å². The molecule has 0 radical (unpaired) electrons. The summed E-state index contributed by atoms with van der Waals surface area (Å²) in [5.41, 5.74) is -2.43. The second-order valence-electron chi connectivity index (χ2n) is 6.26. The fourth-order valence-electron chi connectivity index (χ4n) is 3.10. The highest BCUT2D eigenvalue weighted by Gasteiger charge is 2.16. The van der Waals surface area contributed by atoms with Crippen LogP contribution in [0.5, 0.6) is 0 Å². The molecule has 0 fully saturated rings. The van der Waals surface area contributed by atoms with Crippen LogP contribution in [-0.2, 0) is 0 Å². The van der Waals surface area contributed by atoms with Crippen molar-refractivity contribution in [3.63, 3.8) is 0 Å². The van der Waals surface area contributed by atoms with E-state index in [1.54, 1.807) is 0 Å². The van der Waals surface area contributed by atoms with Crippen LogP contribution in [0.2, 0.25) is 5.28 Å². The van der Waals surface area contributed by atoms with Gasteiger partial charge in [-0.3, -0.25) is 4.57 Å². The highest BCUT2D eigenvalue weighted by Crippen LogP contribution is 2.31. The van der Waals surface area contributed by atoms with E-state index in [0.717, 1.165) is 4.57 Å². The average Bonchev–Trinajstić information content (AvgIpc) is 3.43. The predicted molar refractivity (Wildman–Crippen MR) is 130 cm³/mol. The second-order valence-corrected chi connectivity index (χ2v) is 6.60. The normalized spacial score (nSPS) is 18.7. The van der Waals surface area contributed by atoms with Crippen LogP contribution in [0, 0.1) is 0 Å². The van der Waals surface area contributed by atoms with Gasteiger partial charge in [-0.25, -0.2) is 0 Å². The maximum absolute atomic E-state index is 8.76. The van der Waals surface area contributed by atoms with Gasteiger partial charge in [0.1, 0.15) is 0 Å². The van der Waals surface area contributed by atoms with Crippen LogP contribution in [-0.4, -0.2) is 19.5 Å². The minimum atomic E-state index is -0.812. The molecular weight excluding hydrogens is 416 g/mol. The second kappa shape index (κ2) is 7.59. The lowest BCUT2D eigenvalue weighted by molar-refractivity contribution is 0.947. The molecule has 32 heavy (non-hydrogen) atoms. The van der Waals surface area contributed by atoms with Gasteiger partial charge in [-0.05, 0) is 34.8 Å². The third-order valence-corrected chi connectivity index (χ3v) is 4.60. The molecule has 0 atom stereocenters. The Morgan fingerprint density at radius 1 is 0.562 bits per heavy atom. The van der Waals surface area contributed by atoms with E-state index in [4.69, 9.17) is 34.9 Å².